The van der Waals surface area contributed by atoms with Gasteiger partial charge in [-0.25, -0.2) is 0 Å². The minimum Gasteiger partial charge on any atom is -0.497 e. The highest BCUT2D eigenvalue weighted by molar-refractivity contribution is 5.85. The number of rotatable bonds is 2. The molecule has 0 radical (unpaired) electrons. The molecule has 0 spiro atoms. The Morgan fingerprint density at radius 2 is 1.56 bits per heavy atom. The van der Waals surface area contributed by atoms with Crippen LogP contribution in [-0.2, 0) is 0 Å². The average molecular weight is 381 g/mol. The van der Waals surface area contributed by atoms with Gasteiger partial charge in [-0.1, -0.05) is 36.4 Å². The van der Waals surface area contributed by atoms with E-state index in [2.05, 4.69) is 65.4 Å². The van der Waals surface area contributed by atoms with Crippen molar-refractivity contribution in [3.63, 3.8) is 0 Å². The zero-order chi connectivity index (χ0) is 15.8. The molecule has 0 N–H and O–H groups in total. The summed E-state index contributed by atoms with van der Waals surface area (Å²) in [5.41, 5.74) is 4.39. The number of hydrogen-bond donors (Lipinski definition) is 0. The van der Waals surface area contributed by atoms with Gasteiger partial charge in [-0.15, -0.1) is 24.8 Å². The maximum atomic E-state index is 5.31. The van der Waals surface area contributed by atoms with Crippen molar-refractivity contribution in [2.24, 2.45) is 0 Å². The van der Waals surface area contributed by atoms with Gasteiger partial charge in [-0.3, -0.25) is 4.90 Å². The Morgan fingerprint density at radius 1 is 0.880 bits per heavy atom. The molecule has 2 atom stereocenters. The van der Waals surface area contributed by atoms with Crippen LogP contribution in [0, 0.1) is 0 Å². The Balaban J connectivity index is 0.00000113. The van der Waals surface area contributed by atoms with Crippen LogP contribution in [0.5, 0.6) is 5.75 Å². The van der Waals surface area contributed by atoms with Crippen LogP contribution in [0.3, 0.4) is 0 Å². The van der Waals surface area contributed by atoms with Crippen LogP contribution in [0.25, 0.3) is 0 Å². The lowest BCUT2D eigenvalue weighted by Gasteiger charge is -2.46. The van der Waals surface area contributed by atoms with Crippen molar-refractivity contribution in [3.05, 3.63) is 65.2 Å². The van der Waals surface area contributed by atoms with Gasteiger partial charge in [-0.05, 0) is 35.9 Å². The van der Waals surface area contributed by atoms with Crippen molar-refractivity contribution in [3.8, 4) is 5.75 Å². The fourth-order valence-corrected chi connectivity index (χ4v) is 4.06. The number of benzene rings is 2. The van der Waals surface area contributed by atoms with E-state index < -0.39 is 0 Å². The van der Waals surface area contributed by atoms with Gasteiger partial charge in [0, 0.05) is 38.1 Å². The van der Waals surface area contributed by atoms with Crippen LogP contribution in [0.1, 0.15) is 28.7 Å². The first-order valence-corrected chi connectivity index (χ1v) is 8.41. The van der Waals surface area contributed by atoms with Crippen LogP contribution < -0.4 is 4.74 Å². The first kappa shape index (κ1) is 20.1. The standard InChI is InChI=1S/C20H24N2O.2ClH/c1-21-11-12-22-13-19(15-7-9-16(23-2)10-8-15)17-5-3-4-6-18(17)20(22)14-21;;/h3-10,19-20H,11-14H2,1-2H3;2*1H/t19-,20-;;/m0../s1. The van der Waals surface area contributed by atoms with E-state index in [1.54, 1.807) is 7.11 Å². The predicted molar refractivity (Wildman–Crippen MR) is 108 cm³/mol. The summed E-state index contributed by atoms with van der Waals surface area (Å²) in [6, 6.07) is 18.1. The molecule has 0 aromatic heterocycles. The number of nitrogens with zero attached hydrogens (tertiary/aromatic N) is 2. The predicted octanol–water partition coefficient (Wildman–Crippen LogP) is 3.97. The molecule has 0 amide bonds. The smallest absolute Gasteiger partial charge is 0.118 e. The molecule has 2 aliphatic rings. The van der Waals surface area contributed by atoms with Crippen LogP contribution >= 0.6 is 24.8 Å². The molecule has 2 heterocycles. The first-order chi connectivity index (χ1) is 11.3. The van der Waals surface area contributed by atoms with E-state index in [0.717, 1.165) is 31.9 Å². The number of halogens is 2. The number of methoxy groups -OCH3 is 1. The Labute approximate surface area is 162 Å². The number of likely N-dealkylation sites (N-methyl/N-ethyl adjacent to an activating group) is 1. The maximum absolute atomic E-state index is 5.31. The fourth-order valence-electron chi connectivity index (χ4n) is 4.06. The zero-order valence-corrected chi connectivity index (χ0v) is 16.4. The molecule has 1 saturated heterocycles. The topological polar surface area (TPSA) is 15.7 Å². The van der Waals surface area contributed by atoms with E-state index in [1.807, 2.05) is 0 Å². The lowest BCUT2D eigenvalue weighted by Crippen LogP contribution is -2.50. The van der Waals surface area contributed by atoms with Crippen molar-refractivity contribution >= 4 is 24.8 Å². The van der Waals surface area contributed by atoms with E-state index in [0.29, 0.717) is 12.0 Å². The van der Waals surface area contributed by atoms with E-state index in [-0.39, 0.29) is 24.8 Å². The van der Waals surface area contributed by atoms with Gasteiger partial charge >= 0.3 is 0 Å². The first-order valence-electron chi connectivity index (χ1n) is 8.41. The molecule has 1 fully saturated rings. The minimum absolute atomic E-state index is 0. The molecule has 2 aliphatic heterocycles. The molecule has 3 nitrogen and oxygen atoms in total. The maximum Gasteiger partial charge on any atom is 0.118 e. The van der Waals surface area contributed by atoms with Crippen molar-refractivity contribution in [2.45, 2.75) is 12.0 Å². The van der Waals surface area contributed by atoms with Gasteiger partial charge in [-0.2, -0.15) is 0 Å². The SMILES string of the molecule is COc1ccc([C@@H]2CN3CCN(C)C[C@H]3c3ccccc32)cc1.Cl.Cl. The summed E-state index contributed by atoms with van der Waals surface area (Å²) >= 11 is 0. The van der Waals surface area contributed by atoms with E-state index in [4.69, 9.17) is 4.74 Å². The highest BCUT2D eigenvalue weighted by atomic mass is 35.5. The number of hydrogen-bond acceptors (Lipinski definition) is 3. The normalized spacial score (nSPS) is 22.8. The highest BCUT2D eigenvalue weighted by Crippen LogP contribution is 2.40. The van der Waals surface area contributed by atoms with Gasteiger partial charge in [0.1, 0.15) is 5.75 Å². The van der Waals surface area contributed by atoms with Crippen molar-refractivity contribution in [1.82, 2.24) is 9.80 Å². The lowest BCUT2D eigenvalue weighted by atomic mass is 9.80. The summed E-state index contributed by atoms with van der Waals surface area (Å²) in [6.45, 7) is 4.56. The molecular weight excluding hydrogens is 355 g/mol. The summed E-state index contributed by atoms with van der Waals surface area (Å²) in [6.07, 6.45) is 0. The molecule has 136 valence electrons. The van der Waals surface area contributed by atoms with Crippen LogP contribution in [-0.4, -0.2) is 50.1 Å². The molecule has 0 saturated carbocycles. The summed E-state index contributed by atoms with van der Waals surface area (Å²) < 4.78 is 5.31. The fraction of sp³-hybridized carbons (Fsp3) is 0.400. The van der Waals surface area contributed by atoms with Crippen LogP contribution in [0.2, 0.25) is 0 Å². The molecular formula is C20H26Cl2N2O. The number of fused-ring (bicyclic) bond motifs is 3. The number of ether oxygens (including phenoxy) is 1. The second kappa shape index (κ2) is 8.41. The van der Waals surface area contributed by atoms with Gasteiger partial charge in [0.25, 0.3) is 0 Å². The van der Waals surface area contributed by atoms with Gasteiger partial charge in [0.05, 0.1) is 7.11 Å². The minimum atomic E-state index is 0. The van der Waals surface area contributed by atoms with Crippen molar-refractivity contribution in [1.29, 1.82) is 0 Å². The molecule has 0 aliphatic carbocycles. The van der Waals surface area contributed by atoms with Gasteiger partial charge < -0.3 is 9.64 Å². The van der Waals surface area contributed by atoms with Crippen LogP contribution in [0.15, 0.2) is 48.5 Å². The Morgan fingerprint density at radius 3 is 2.24 bits per heavy atom. The average Bonchev–Trinajstić information content (AvgIpc) is 2.61. The third-order valence-corrected chi connectivity index (χ3v) is 5.36. The number of piperazine rings is 1. The molecule has 4 rings (SSSR count). The van der Waals surface area contributed by atoms with Gasteiger partial charge in [0.2, 0.25) is 0 Å². The van der Waals surface area contributed by atoms with Crippen molar-refractivity contribution in [2.75, 3.05) is 40.3 Å². The summed E-state index contributed by atoms with van der Waals surface area (Å²) in [5, 5.41) is 0. The third kappa shape index (κ3) is 3.80. The molecule has 2 aromatic rings. The molecule has 2 aromatic carbocycles. The molecule has 5 heteroatoms. The van der Waals surface area contributed by atoms with E-state index in [9.17, 15) is 0 Å². The summed E-state index contributed by atoms with van der Waals surface area (Å²) in [5.74, 6) is 1.38. The van der Waals surface area contributed by atoms with E-state index >= 15 is 0 Å². The summed E-state index contributed by atoms with van der Waals surface area (Å²) in [7, 11) is 3.95. The second-order valence-corrected chi connectivity index (χ2v) is 6.73. The van der Waals surface area contributed by atoms with Crippen molar-refractivity contribution < 1.29 is 4.74 Å². The summed E-state index contributed by atoms with van der Waals surface area (Å²) in [4.78, 5) is 5.11. The monoisotopic (exact) mass is 380 g/mol. The lowest BCUT2D eigenvalue weighted by molar-refractivity contribution is 0.0772. The molecule has 0 bridgehead atoms. The van der Waals surface area contributed by atoms with Crippen LogP contribution in [0.4, 0.5) is 0 Å². The Hall–Kier alpha value is -1.26. The largest absolute Gasteiger partial charge is 0.497 e. The second-order valence-electron chi connectivity index (χ2n) is 6.73. The molecule has 0 unspecified atom stereocenters. The van der Waals surface area contributed by atoms with E-state index in [1.165, 1.54) is 16.7 Å². The third-order valence-electron chi connectivity index (χ3n) is 5.36. The Bertz CT molecular complexity index is 692. The Kier molecular flexibility index (Phi) is 6.75. The zero-order valence-electron chi connectivity index (χ0n) is 14.7. The quantitative estimate of drug-likeness (QED) is 0.783. The molecule has 25 heavy (non-hydrogen) atoms. The van der Waals surface area contributed by atoms with Gasteiger partial charge in [0.15, 0.2) is 0 Å². The highest BCUT2D eigenvalue weighted by Gasteiger charge is 2.36.